The summed E-state index contributed by atoms with van der Waals surface area (Å²) in [5.41, 5.74) is 3.24. The third-order valence-corrected chi connectivity index (χ3v) is 6.25. The Kier molecular flexibility index (Phi) is 8.26. The lowest BCUT2D eigenvalue weighted by Gasteiger charge is -2.26. The molecule has 7 heteroatoms. The fourth-order valence-corrected chi connectivity index (χ4v) is 4.52. The molecule has 1 unspecified atom stereocenters. The van der Waals surface area contributed by atoms with Gasteiger partial charge in [0.25, 0.3) is 11.7 Å². The van der Waals surface area contributed by atoms with E-state index in [4.69, 9.17) is 9.47 Å². The van der Waals surface area contributed by atoms with Gasteiger partial charge in [0.2, 0.25) is 0 Å². The predicted molar refractivity (Wildman–Crippen MR) is 145 cm³/mol. The SMILES string of the molecule is CCCOc1cccc(/C(O)=C2/C(=O)C(=O)N(c3ccc(CC(=O)OCC)cc3)C2c2cccc(C)c2)c1. The minimum Gasteiger partial charge on any atom is -0.507 e. The van der Waals surface area contributed by atoms with E-state index in [-0.39, 0.29) is 23.7 Å². The second-order valence-electron chi connectivity index (χ2n) is 9.11. The number of carbonyl (C=O) groups excluding carboxylic acids is 3. The number of Topliss-reactive ketones (excluding diaryl/α,β-unsaturated/α-hetero) is 1. The van der Waals surface area contributed by atoms with Crippen molar-refractivity contribution in [3.8, 4) is 5.75 Å². The Morgan fingerprint density at radius 2 is 1.71 bits per heavy atom. The van der Waals surface area contributed by atoms with Gasteiger partial charge in [0.15, 0.2) is 0 Å². The van der Waals surface area contributed by atoms with Gasteiger partial charge < -0.3 is 14.6 Å². The Labute approximate surface area is 222 Å². The summed E-state index contributed by atoms with van der Waals surface area (Å²) in [6.07, 6.45) is 0.929. The smallest absolute Gasteiger partial charge is 0.310 e. The monoisotopic (exact) mass is 513 g/mol. The number of ether oxygens (including phenoxy) is 2. The number of amides is 1. The molecule has 0 aliphatic carbocycles. The summed E-state index contributed by atoms with van der Waals surface area (Å²) < 4.78 is 10.7. The van der Waals surface area contributed by atoms with Gasteiger partial charge in [-0.1, -0.05) is 61.0 Å². The minimum atomic E-state index is -0.842. The summed E-state index contributed by atoms with van der Waals surface area (Å²) in [6, 6.07) is 20.4. The maximum absolute atomic E-state index is 13.4. The maximum atomic E-state index is 13.4. The first-order chi connectivity index (χ1) is 18.3. The summed E-state index contributed by atoms with van der Waals surface area (Å²) >= 11 is 0. The topological polar surface area (TPSA) is 93.1 Å². The van der Waals surface area contributed by atoms with Crippen molar-refractivity contribution in [1.29, 1.82) is 0 Å². The Morgan fingerprint density at radius 1 is 0.974 bits per heavy atom. The Morgan fingerprint density at radius 3 is 2.39 bits per heavy atom. The normalized spacial score (nSPS) is 16.5. The molecule has 1 atom stereocenters. The zero-order chi connectivity index (χ0) is 27.2. The first-order valence-corrected chi connectivity index (χ1v) is 12.7. The number of carbonyl (C=O) groups is 3. The second kappa shape index (κ2) is 11.8. The van der Waals surface area contributed by atoms with Crippen molar-refractivity contribution in [3.63, 3.8) is 0 Å². The molecule has 1 heterocycles. The first-order valence-electron chi connectivity index (χ1n) is 12.7. The molecule has 1 N–H and O–H groups in total. The third-order valence-electron chi connectivity index (χ3n) is 6.25. The highest BCUT2D eigenvalue weighted by Gasteiger charge is 2.47. The summed E-state index contributed by atoms with van der Waals surface area (Å²) in [4.78, 5) is 40.1. The molecule has 3 aromatic carbocycles. The second-order valence-corrected chi connectivity index (χ2v) is 9.11. The molecular weight excluding hydrogens is 482 g/mol. The highest BCUT2D eigenvalue weighted by molar-refractivity contribution is 6.51. The fourth-order valence-electron chi connectivity index (χ4n) is 4.52. The van der Waals surface area contributed by atoms with Gasteiger partial charge in [-0.2, -0.15) is 0 Å². The van der Waals surface area contributed by atoms with Gasteiger partial charge >= 0.3 is 5.97 Å². The summed E-state index contributed by atoms with van der Waals surface area (Å²) in [5, 5.41) is 11.4. The summed E-state index contributed by atoms with van der Waals surface area (Å²) in [7, 11) is 0. The van der Waals surface area contributed by atoms with E-state index in [1.54, 1.807) is 55.5 Å². The largest absolute Gasteiger partial charge is 0.507 e. The molecule has 38 heavy (non-hydrogen) atoms. The van der Waals surface area contributed by atoms with Crippen molar-refractivity contribution in [3.05, 3.63) is 101 Å². The molecule has 7 nitrogen and oxygen atoms in total. The quantitative estimate of drug-likeness (QED) is 0.175. The molecule has 0 aromatic heterocycles. The predicted octanol–water partition coefficient (Wildman–Crippen LogP) is 5.52. The van der Waals surface area contributed by atoms with Gasteiger partial charge in [-0.15, -0.1) is 0 Å². The van der Waals surface area contributed by atoms with Gasteiger partial charge in [-0.25, -0.2) is 0 Å². The minimum absolute atomic E-state index is 0.00356. The first kappa shape index (κ1) is 26.7. The number of hydrogen-bond donors (Lipinski definition) is 1. The average Bonchev–Trinajstić information content (AvgIpc) is 3.18. The molecule has 0 radical (unpaired) electrons. The van der Waals surface area contributed by atoms with Gasteiger partial charge in [0.1, 0.15) is 11.5 Å². The molecule has 1 fully saturated rings. The third kappa shape index (κ3) is 5.62. The van der Waals surface area contributed by atoms with Gasteiger partial charge in [-0.05, 0) is 55.7 Å². The molecule has 0 spiro atoms. The van der Waals surface area contributed by atoms with E-state index < -0.39 is 17.7 Å². The number of anilines is 1. The van der Waals surface area contributed by atoms with Crippen molar-refractivity contribution in [2.75, 3.05) is 18.1 Å². The van der Waals surface area contributed by atoms with E-state index in [1.165, 1.54) is 4.90 Å². The molecule has 1 aliphatic heterocycles. The highest BCUT2D eigenvalue weighted by Crippen LogP contribution is 2.42. The van der Waals surface area contributed by atoms with Crippen LogP contribution in [0, 0.1) is 6.92 Å². The molecule has 1 amide bonds. The highest BCUT2D eigenvalue weighted by atomic mass is 16.5. The van der Waals surface area contributed by atoms with Crippen LogP contribution in [0.15, 0.2) is 78.4 Å². The number of hydrogen-bond acceptors (Lipinski definition) is 6. The Bertz CT molecular complexity index is 1380. The molecule has 1 aliphatic rings. The number of ketones is 1. The maximum Gasteiger partial charge on any atom is 0.310 e. The number of aryl methyl sites for hydroxylation is 1. The van der Waals surface area contributed by atoms with Crippen LogP contribution in [0.5, 0.6) is 5.75 Å². The number of rotatable bonds is 9. The lowest BCUT2D eigenvalue weighted by Crippen LogP contribution is -2.29. The van der Waals surface area contributed by atoms with Crippen molar-refractivity contribution in [1.82, 2.24) is 0 Å². The molecule has 196 valence electrons. The Hall–Kier alpha value is -4.39. The van der Waals surface area contributed by atoms with E-state index >= 15 is 0 Å². The Balaban J connectivity index is 1.79. The summed E-state index contributed by atoms with van der Waals surface area (Å²) in [5.74, 6) is -1.56. The van der Waals surface area contributed by atoms with Crippen LogP contribution in [0.1, 0.15) is 48.6 Å². The van der Waals surface area contributed by atoms with Gasteiger partial charge in [0, 0.05) is 11.3 Å². The molecule has 4 rings (SSSR count). The van der Waals surface area contributed by atoms with Crippen LogP contribution in [0.3, 0.4) is 0 Å². The molecule has 0 saturated carbocycles. The van der Waals surface area contributed by atoms with Crippen molar-refractivity contribution in [2.45, 2.75) is 39.7 Å². The van der Waals surface area contributed by atoms with E-state index in [0.29, 0.717) is 35.8 Å². The number of aliphatic hydroxyl groups is 1. The molecule has 0 bridgehead atoms. The standard InChI is InChI=1S/C31H31NO6/c1-4-16-38-25-11-7-10-23(19-25)29(34)27-28(22-9-6-8-20(3)17-22)32(31(36)30(27)35)24-14-12-21(13-15-24)18-26(33)37-5-2/h6-15,17,19,28,34H,4-5,16,18H2,1-3H3/b29-27-. The number of esters is 1. The van der Waals surface area contributed by atoms with Crippen molar-refractivity contribution in [2.24, 2.45) is 0 Å². The molecular formula is C31H31NO6. The number of aliphatic hydroxyl groups excluding tert-OH is 1. The van der Waals surface area contributed by atoms with E-state index in [2.05, 4.69) is 0 Å². The van der Waals surface area contributed by atoms with E-state index in [1.807, 2.05) is 38.1 Å². The van der Waals surface area contributed by atoms with Gasteiger partial charge in [-0.3, -0.25) is 19.3 Å². The fraction of sp³-hybridized carbons (Fsp3) is 0.258. The van der Waals surface area contributed by atoms with E-state index in [0.717, 1.165) is 17.5 Å². The van der Waals surface area contributed by atoms with Gasteiger partial charge in [0.05, 0.1) is 31.2 Å². The van der Waals surface area contributed by atoms with Crippen LogP contribution in [-0.4, -0.2) is 36.0 Å². The van der Waals surface area contributed by atoms with Crippen molar-refractivity contribution >= 4 is 29.1 Å². The van der Waals surface area contributed by atoms with Crippen LogP contribution < -0.4 is 9.64 Å². The lowest BCUT2D eigenvalue weighted by molar-refractivity contribution is -0.142. The zero-order valence-corrected chi connectivity index (χ0v) is 21.8. The zero-order valence-electron chi connectivity index (χ0n) is 21.8. The molecule has 3 aromatic rings. The van der Waals surface area contributed by atoms with Crippen LogP contribution in [0.25, 0.3) is 5.76 Å². The lowest BCUT2D eigenvalue weighted by atomic mass is 9.94. The van der Waals surface area contributed by atoms with Crippen LogP contribution in [-0.2, 0) is 25.5 Å². The van der Waals surface area contributed by atoms with Crippen LogP contribution in [0.4, 0.5) is 5.69 Å². The van der Waals surface area contributed by atoms with E-state index in [9.17, 15) is 19.5 Å². The number of benzene rings is 3. The van der Waals surface area contributed by atoms with Crippen LogP contribution in [0.2, 0.25) is 0 Å². The van der Waals surface area contributed by atoms with Crippen LogP contribution >= 0.6 is 0 Å². The number of nitrogens with zero attached hydrogens (tertiary/aromatic N) is 1. The summed E-state index contributed by atoms with van der Waals surface area (Å²) in [6.45, 7) is 6.48. The average molecular weight is 514 g/mol. The van der Waals surface area contributed by atoms with Crippen molar-refractivity contribution < 1.29 is 29.0 Å². The molecule has 1 saturated heterocycles.